The molecule has 110 valence electrons. The number of fused-ring (bicyclic) bond motifs is 7. The minimum absolute atomic E-state index is 0.226. The predicted octanol–water partition coefficient (Wildman–Crippen LogP) is 4.29. The van der Waals surface area contributed by atoms with Crippen LogP contribution in [-0.2, 0) is 5.41 Å². The van der Waals surface area contributed by atoms with Gasteiger partial charge >= 0.3 is 0 Å². The van der Waals surface area contributed by atoms with Crippen LogP contribution in [0.5, 0.6) is 0 Å². The van der Waals surface area contributed by atoms with Gasteiger partial charge in [0.25, 0.3) is 0 Å². The second kappa shape index (κ2) is 4.17. The molecule has 0 fully saturated rings. The van der Waals surface area contributed by atoms with E-state index in [1.54, 1.807) is 0 Å². The standard InChI is InChI=1S/C21H15NO/c1-13-10-16-14-6-2-4-8-17(14)21(19(16)12-22-13)11-20(23)15-7-3-5-9-18(15)21/h2-10,12H,11H2,1H3. The van der Waals surface area contributed by atoms with Crippen molar-refractivity contribution in [1.29, 1.82) is 0 Å². The van der Waals surface area contributed by atoms with E-state index in [2.05, 4.69) is 41.4 Å². The highest BCUT2D eigenvalue weighted by atomic mass is 16.1. The molecule has 1 heterocycles. The molecule has 0 saturated carbocycles. The Kier molecular flexibility index (Phi) is 2.31. The second-order valence-corrected chi connectivity index (χ2v) is 6.47. The van der Waals surface area contributed by atoms with Gasteiger partial charge in [-0.1, -0.05) is 48.5 Å². The summed E-state index contributed by atoms with van der Waals surface area (Å²) < 4.78 is 0. The first-order valence-corrected chi connectivity index (χ1v) is 7.91. The topological polar surface area (TPSA) is 30.0 Å². The van der Waals surface area contributed by atoms with Gasteiger partial charge in [-0.3, -0.25) is 9.78 Å². The third kappa shape index (κ3) is 1.43. The first-order chi connectivity index (χ1) is 11.2. The Bertz CT molecular complexity index is 989. The lowest BCUT2D eigenvalue weighted by Gasteiger charge is -2.27. The number of aromatic nitrogens is 1. The first kappa shape index (κ1) is 12.8. The number of hydrogen-bond acceptors (Lipinski definition) is 2. The fraction of sp³-hybridized carbons (Fsp3) is 0.143. The molecule has 5 rings (SSSR count). The lowest BCUT2D eigenvalue weighted by atomic mass is 9.74. The second-order valence-electron chi connectivity index (χ2n) is 6.47. The first-order valence-electron chi connectivity index (χ1n) is 7.91. The van der Waals surface area contributed by atoms with Gasteiger partial charge in [-0.2, -0.15) is 0 Å². The molecule has 1 unspecified atom stereocenters. The van der Waals surface area contributed by atoms with Crippen molar-refractivity contribution in [1.82, 2.24) is 4.98 Å². The quantitative estimate of drug-likeness (QED) is 0.619. The number of carbonyl (C=O) groups excluding carboxylic acids is 1. The monoisotopic (exact) mass is 297 g/mol. The molecule has 1 atom stereocenters. The van der Waals surface area contributed by atoms with Crippen molar-refractivity contribution in [2.45, 2.75) is 18.8 Å². The van der Waals surface area contributed by atoms with Gasteiger partial charge < -0.3 is 0 Å². The van der Waals surface area contributed by atoms with Gasteiger partial charge in [-0.15, -0.1) is 0 Å². The summed E-state index contributed by atoms with van der Waals surface area (Å²) in [6.45, 7) is 2.02. The number of nitrogens with zero attached hydrogens (tertiary/aromatic N) is 1. The Morgan fingerprint density at radius 1 is 0.870 bits per heavy atom. The van der Waals surface area contributed by atoms with Gasteiger partial charge in [0.15, 0.2) is 5.78 Å². The van der Waals surface area contributed by atoms with Crippen LogP contribution in [0, 0.1) is 6.92 Å². The zero-order valence-corrected chi connectivity index (χ0v) is 12.8. The largest absolute Gasteiger partial charge is 0.294 e. The molecule has 3 aromatic rings. The van der Waals surface area contributed by atoms with Crippen LogP contribution in [0.25, 0.3) is 11.1 Å². The van der Waals surface area contributed by atoms with Gasteiger partial charge in [0.05, 0.1) is 5.41 Å². The van der Waals surface area contributed by atoms with Crippen LogP contribution in [0.4, 0.5) is 0 Å². The highest BCUT2D eigenvalue weighted by Crippen LogP contribution is 2.57. The number of Topliss-reactive ketones (excluding diaryl/α,β-unsaturated/α-hetero) is 1. The molecule has 2 aliphatic carbocycles. The fourth-order valence-corrected chi connectivity index (χ4v) is 4.37. The van der Waals surface area contributed by atoms with Crippen molar-refractivity contribution < 1.29 is 4.79 Å². The fourth-order valence-electron chi connectivity index (χ4n) is 4.37. The summed E-state index contributed by atoms with van der Waals surface area (Å²) in [5.41, 5.74) is 7.49. The molecule has 2 aliphatic rings. The van der Waals surface area contributed by atoms with Gasteiger partial charge in [0, 0.05) is 23.9 Å². The third-order valence-corrected chi connectivity index (χ3v) is 5.29. The van der Waals surface area contributed by atoms with Gasteiger partial charge in [-0.25, -0.2) is 0 Å². The van der Waals surface area contributed by atoms with E-state index in [1.165, 1.54) is 22.3 Å². The summed E-state index contributed by atoms with van der Waals surface area (Å²) in [6.07, 6.45) is 2.47. The summed E-state index contributed by atoms with van der Waals surface area (Å²) in [5, 5.41) is 0. The molecule has 1 spiro atoms. The SMILES string of the molecule is Cc1cc2c(cn1)C1(CC(=O)c3ccccc31)c1ccccc1-2. The molecule has 0 bridgehead atoms. The average molecular weight is 297 g/mol. The lowest BCUT2D eigenvalue weighted by Crippen LogP contribution is -2.24. The van der Waals surface area contributed by atoms with Crippen LogP contribution in [0.15, 0.2) is 60.8 Å². The maximum absolute atomic E-state index is 12.7. The van der Waals surface area contributed by atoms with Crippen LogP contribution in [0.1, 0.15) is 39.2 Å². The van der Waals surface area contributed by atoms with Crippen molar-refractivity contribution in [2.75, 3.05) is 0 Å². The summed E-state index contributed by atoms with van der Waals surface area (Å²) >= 11 is 0. The number of aryl methyl sites for hydroxylation is 1. The smallest absolute Gasteiger partial charge is 0.164 e. The van der Waals surface area contributed by atoms with Crippen LogP contribution < -0.4 is 0 Å². The van der Waals surface area contributed by atoms with Gasteiger partial charge in [0.1, 0.15) is 0 Å². The van der Waals surface area contributed by atoms with E-state index in [-0.39, 0.29) is 11.2 Å². The van der Waals surface area contributed by atoms with Crippen molar-refractivity contribution in [2.24, 2.45) is 0 Å². The minimum Gasteiger partial charge on any atom is -0.294 e. The Morgan fingerprint density at radius 3 is 2.30 bits per heavy atom. The lowest BCUT2D eigenvalue weighted by molar-refractivity contribution is 0.0984. The number of rotatable bonds is 0. The van der Waals surface area contributed by atoms with Crippen LogP contribution >= 0.6 is 0 Å². The van der Waals surface area contributed by atoms with Crippen molar-refractivity contribution in [3.63, 3.8) is 0 Å². The van der Waals surface area contributed by atoms with Crippen molar-refractivity contribution >= 4 is 5.78 Å². The molecule has 2 nitrogen and oxygen atoms in total. The van der Waals surface area contributed by atoms with Crippen LogP contribution in [-0.4, -0.2) is 10.8 Å². The predicted molar refractivity (Wildman–Crippen MR) is 89.7 cm³/mol. The molecular formula is C21H15NO. The van der Waals surface area contributed by atoms with Gasteiger partial charge in [0.2, 0.25) is 0 Å². The molecule has 0 saturated heterocycles. The summed E-state index contributed by atoms with van der Waals surface area (Å²) in [7, 11) is 0. The zero-order valence-electron chi connectivity index (χ0n) is 12.8. The van der Waals surface area contributed by atoms with Gasteiger partial charge in [-0.05, 0) is 40.8 Å². The molecule has 0 aliphatic heterocycles. The highest BCUT2D eigenvalue weighted by molar-refractivity contribution is 6.06. The molecule has 2 aromatic carbocycles. The number of ketones is 1. The molecule has 0 amide bonds. The van der Waals surface area contributed by atoms with E-state index >= 15 is 0 Å². The molecule has 1 aromatic heterocycles. The average Bonchev–Trinajstić information content (AvgIpc) is 3.03. The zero-order chi connectivity index (χ0) is 15.6. The van der Waals surface area contributed by atoms with E-state index in [4.69, 9.17) is 0 Å². The van der Waals surface area contributed by atoms with E-state index in [1.807, 2.05) is 31.3 Å². The maximum atomic E-state index is 12.7. The van der Waals surface area contributed by atoms with Crippen LogP contribution in [0.2, 0.25) is 0 Å². The summed E-state index contributed by atoms with van der Waals surface area (Å²) in [6, 6.07) is 18.6. The molecular weight excluding hydrogens is 282 g/mol. The Morgan fingerprint density at radius 2 is 1.52 bits per heavy atom. The maximum Gasteiger partial charge on any atom is 0.164 e. The third-order valence-electron chi connectivity index (χ3n) is 5.29. The Labute approximate surface area is 134 Å². The molecule has 0 N–H and O–H groups in total. The van der Waals surface area contributed by atoms with E-state index in [0.29, 0.717) is 6.42 Å². The highest BCUT2D eigenvalue weighted by Gasteiger charge is 2.51. The Hall–Kier alpha value is -2.74. The van der Waals surface area contributed by atoms with E-state index in [9.17, 15) is 4.79 Å². The van der Waals surface area contributed by atoms with Crippen molar-refractivity contribution in [3.05, 3.63) is 88.7 Å². The number of carbonyl (C=O) groups is 1. The Balaban J connectivity index is 1.95. The minimum atomic E-state index is -0.361. The number of benzene rings is 2. The van der Waals surface area contributed by atoms with E-state index in [0.717, 1.165) is 16.8 Å². The number of hydrogen-bond donors (Lipinski definition) is 0. The number of pyridine rings is 1. The summed E-state index contributed by atoms with van der Waals surface area (Å²) in [4.78, 5) is 17.2. The normalized spacial score (nSPS) is 20.5. The molecule has 2 heteroatoms. The molecule has 0 radical (unpaired) electrons. The molecule has 23 heavy (non-hydrogen) atoms. The summed E-state index contributed by atoms with van der Waals surface area (Å²) in [5.74, 6) is 0.226. The van der Waals surface area contributed by atoms with E-state index < -0.39 is 0 Å². The van der Waals surface area contributed by atoms with Crippen molar-refractivity contribution in [3.8, 4) is 11.1 Å². The van der Waals surface area contributed by atoms with Crippen LogP contribution in [0.3, 0.4) is 0 Å².